The largest absolute Gasteiger partial charge is 0.452 e. The Hall–Kier alpha value is -2.92. The average molecular weight is 383 g/mol. The molecule has 0 spiro atoms. The van der Waals surface area contributed by atoms with Gasteiger partial charge in [0.2, 0.25) is 0 Å². The van der Waals surface area contributed by atoms with Gasteiger partial charge in [0.15, 0.2) is 6.61 Å². The fourth-order valence-corrected chi connectivity index (χ4v) is 2.91. The van der Waals surface area contributed by atoms with Crippen LogP contribution in [0.1, 0.15) is 27.2 Å². The second-order valence-electron chi connectivity index (χ2n) is 6.33. The van der Waals surface area contributed by atoms with E-state index in [1.807, 2.05) is 32.0 Å². The van der Waals surface area contributed by atoms with E-state index < -0.39 is 11.9 Å². The van der Waals surface area contributed by atoms with Gasteiger partial charge in [0.05, 0.1) is 16.8 Å². The molecule has 1 N–H and O–H groups in total. The fourth-order valence-electron chi connectivity index (χ4n) is 2.73. The molecule has 1 aromatic heterocycles. The Labute approximate surface area is 162 Å². The number of amides is 1. The van der Waals surface area contributed by atoms with E-state index in [2.05, 4.69) is 10.3 Å². The van der Waals surface area contributed by atoms with Crippen molar-refractivity contribution in [1.29, 1.82) is 0 Å². The van der Waals surface area contributed by atoms with Crippen LogP contribution in [0.25, 0.3) is 10.9 Å². The lowest BCUT2D eigenvalue weighted by atomic mass is 10.1. The predicted octanol–water partition coefficient (Wildman–Crippen LogP) is 4.61. The molecule has 0 unspecified atom stereocenters. The van der Waals surface area contributed by atoms with Crippen LogP contribution in [-0.4, -0.2) is 23.5 Å². The zero-order valence-electron chi connectivity index (χ0n) is 15.3. The molecule has 6 heteroatoms. The number of nitrogens with zero attached hydrogens (tertiary/aromatic N) is 1. The first-order valence-corrected chi connectivity index (χ1v) is 8.83. The third kappa shape index (κ3) is 4.26. The molecular weight excluding hydrogens is 364 g/mol. The third-order valence-electron chi connectivity index (χ3n) is 4.40. The van der Waals surface area contributed by atoms with E-state index in [0.29, 0.717) is 22.0 Å². The van der Waals surface area contributed by atoms with Crippen LogP contribution in [0.4, 0.5) is 5.69 Å². The first-order chi connectivity index (χ1) is 12.8. The number of rotatable bonds is 4. The zero-order valence-corrected chi connectivity index (χ0v) is 16.1. The molecule has 0 fully saturated rings. The SMILES string of the molecule is Cc1cccc(NC(=O)COC(=O)c2cc3cc(Cl)ccc3nc2C)c1C. The number of aromatic nitrogens is 1. The molecule has 138 valence electrons. The van der Waals surface area contributed by atoms with Gasteiger partial charge in [-0.1, -0.05) is 23.7 Å². The molecule has 0 bridgehead atoms. The molecule has 1 heterocycles. The minimum atomic E-state index is -0.599. The minimum absolute atomic E-state index is 0.310. The minimum Gasteiger partial charge on any atom is -0.452 e. The highest BCUT2D eigenvalue weighted by molar-refractivity contribution is 6.31. The quantitative estimate of drug-likeness (QED) is 0.669. The Bertz CT molecular complexity index is 1050. The lowest BCUT2D eigenvalue weighted by Crippen LogP contribution is -2.22. The van der Waals surface area contributed by atoms with Crippen LogP contribution >= 0.6 is 11.6 Å². The van der Waals surface area contributed by atoms with Gasteiger partial charge in [0.25, 0.3) is 5.91 Å². The molecular formula is C21H19ClN2O3. The highest BCUT2D eigenvalue weighted by Crippen LogP contribution is 2.21. The number of pyridine rings is 1. The van der Waals surface area contributed by atoms with E-state index in [0.717, 1.165) is 22.0 Å². The van der Waals surface area contributed by atoms with Crippen molar-refractivity contribution in [3.63, 3.8) is 0 Å². The summed E-state index contributed by atoms with van der Waals surface area (Å²) in [4.78, 5) is 28.9. The molecule has 27 heavy (non-hydrogen) atoms. The smallest absolute Gasteiger partial charge is 0.340 e. The number of fused-ring (bicyclic) bond motifs is 1. The van der Waals surface area contributed by atoms with E-state index in [9.17, 15) is 9.59 Å². The summed E-state index contributed by atoms with van der Waals surface area (Å²) in [6.07, 6.45) is 0. The van der Waals surface area contributed by atoms with Crippen molar-refractivity contribution >= 4 is 40.1 Å². The van der Waals surface area contributed by atoms with Crippen LogP contribution in [0.5, 0.6) is 0 Å². The molecule has 0 radical (unpaired) electrons. The molecule has 1 amide bonds. The molecule has 0 aliphatic rings. The lowest BCUT2D eigenvalue weighted by molar-refractivity contribution is -0.119. The number of anilines is 1. The number of esters is 1. The molecule has 0 saturated heterocycles. The Kier molecular flexibility index (Phi) is 5.42. The average Bonchev–Trinajstić information content (AvgIpc) is 2.63. The number of nitrogens with one attached hydrogen (secondary N) is 1. The second-order valence-corrected chi connectivity index (χ2v) is 6.77. The first-order valence-electron chi connectivity index (χ1n) is 8.45. The highest BCUT2D eigenvalue weighted by atomic mass is 35.5. The third-order valence-corrected chi connectivity index (χ3v) is 4.64. The second kappa shape index (κ2) is 7.76. The van der Waals surface area contributed by atoms with Gasteiger partial charge in [-0.15, -0.1) is 0 Å². The maximum absolute atomic E-state index is 12.4. The Morgan fingerprint density at radius 1 is 1.11 bits per heavy atom. The van der Waals surface area contributed by atoms with Crippen LogP contribution in [0.2, 0.25) is 5.02 Å². The number of aryl methyl sites for hydroxylation is 2. The van der Waals surface area contributed by atoms with Gasteiger partial charge in [-0.05, 0) is 62.2 Å². The van der Waals surface area contributed by atoms with E-state index in [4.69, 9.17) is 16.3 Å². The van der Waals surface area contributed by atoms with Crippen molar-refractivity contribution in [1.82, 2.24) is 4.98 Å². The zero-order chi connectivity index (χ0) is 19.6. The van der Waals surface area contributed by atoms with Gasteiger partial charge in [0.1, 0.15) is 0 Å². The summed E-state index contributed by atoms with van der Waals surface area (Å²) in [5, 5.41) is 4.05. The summed E-state index contributed by atoms with van der Waals surface area (Å²) >= 11 is 6.00. The number of ether oxygens (including phenoxy) is 1. The van der Waals surface area contributed by atoms with E-state index >= 15 is 0 Å². The molecule has 5 nitrogen and oxygen atoms in total. The van der Waals surface area contributed by atoms with E-state index in [1.54, 1.807) is 31.2 Å². The maximum Gasteiger partial charge on any atom is 0.340 e. The number of carbonyl (C=O) groups is 2. The number of carbonyl (C=O) groups excluding carboxylic acids is 2. The fraction of sp³-hybridized carbons (Fsp3) is 0.190. The highest BCUT2D eigenvalue weighted by Gasteiger charge is 2.15. The van der Waals surface area contributed by atoms with Crippen molar-refractivity contribution in [2.75, 3.05) is 11.9 Å². The summed E-state index contributed by atoms with van der Waals surface area (Å²) in [6, 6.07) is 12.6. The van der Waals surface area contributed by atoms with Crippen molar-refractivity contribution < 1.29 is 14.3 Å². The van der Waals surface area contributed by atoms with Crippen LogP contribution in [-0.2, 0) is 9.53 Å². The van der Waals surface area contributed by atoms with Crippen LogP contribution in [0.15, 0.2) is 42.5 Å². The van der Waals surface area contributed by atoms with Gasteiger partial charge in [0, 0.05) is 16.1 Å². The first kappa shape index (κ1) is 18.9. The molecule has 0 atom stereocenters. The summed E-state index contributed by atoms with van der Waals surface area (Å²) in [5.41, 5.74) is 4.33. The van der Waals surface area contributed by atoms with Crippen LogP contribution < -0.4 is 5.32 Å². The van der Waals surface area contributed by atoms with Gasteiger partial charge >= 0.3 is 5.97 Å². The summed E-state index contributed by atoms with van der Waals surface area (Å²) in [5.74, 6) is -0.996. The maximum atomic E-state index is 12.4. The summed E-state index contributed by atoms with van der Waals surface area (Å²) in [7, 11) is 0. The van der Waals surface area contributed by atoms with Crippen molar-refractivity contribution in [2.24, 2.45) is 0 Å². The van der Waals surface area contributed by atoms with Gasteiger partial charge in [-0.25, -0.2) is 4.79 Å². The Balaban J connectivity index is 1.70. The summed E-state index contributed by atoms with van der Waals surface area (Å²) in [6.45, 7) is 5.24. The standard InChI is InChI=1S/C21H19ClN2O3/c1-12-5-4-6-18(13(12)2)24-20(25)11-27-21(26)17-10-15-9-16(22)7-8-19(15)23-14(17)3/h4-10H,11H2,1-3H3,(H,24,25). The predicted molar refractivity (Wildman–Crippen MR) is 106 cm³/mol. The van der Waals surface area contributed by atoms with Gasteiger partial charge in [-0.2, -0.15) is 0 Å². The topological polar surface area (TPSA) is 68.3 Å². The van der Waals surface area contributed by atoms with E-state index in [-0.39, 0.29) is 6.61 Å². The molecule has 0 aliphatic carbocycles. The van der Waals surface area contributed by atoms with Gasteiger partial charge < -0.3 is 10.1 Å². The molecule has 2 aromatic carbocycles. The van der Waals surface area contributed by atoms with E-state index in [1.165, 1.54) is 0 Å². The molecule has 3 aromatic rings. The van der Waals surface area contributed by atoms with Gasteiger partial charge in [-0.3, -0.25) is 9.78 Å². The molecule has 0 aliphatic heterocycles. The lowest BCUT2D eigenvalue weighted by Gasteiger charge is -2.11. The molecule has 0 saturated carbocycles. The van der Waals surface area contributed by atoms with Crippen molar-refractivity contribution in [2.45, 2.75) is 20.8 Å². The monoisotopic (exact) mass is 382 g/mol. The molecule has 3 rings (SSSR count). The number of benzene rings is 2. The summed E-state index contributed by atoms with van der Waals surface area (Å²) < 4.78 is 5.17. The Morgan fingerprint density at radius 2 is 1.89 bits per heavy atom. The number of halogens is 1. The van der Waals surface area contributed by atoms with Crippen molar-refractivity contribution in [3.05, 3.63) is 69.9 Å². The van der Waals surface area contributed by atoms with Crippen molar-refractivity contribution in [3.8, 4) is 0 Å². The number of hydrogen-bond donors (Lipinski definition) is 1. The Morgan fingerprint density at radius 3 is 2.67 bits per heavy atom. The van der Waals surface area contributed by atoms with Crippen LogP contribution in [0, 0.1) is 20.8 Å². The van der Waals surface area contributed by atoms with Crippen LogP contribution in [0.3, 0.4) is 0 Å². The number of hydrogen-bond acceptors (Lipinski definition) is 4. The normalized spacial score (nSPS) is 10.7.